The third-order valence-corrected chi connectivity index (χ3v) is 7.38. The van der Waals surface area contributed by atoms with Crippen LogP contribution in [-0.4, -0.2) is 31.3 Å². The molecule has 0 saturated carbocycles. The topological polar surface area (TPSA) is 69.7 Å². The highest BCUT2D eigenvalue weighted by Gasteiger charge is 2.35. The zero-order valence-corrected chi connectivity index (χ0v) is 16.6. The number of carbonyl (C=O) groups excluding carboxylic acids is 2. The second-order valence-electron chi connectivity index (χ2n) is 6.05. The molecule has 0 aliphatic rings. The van der Waals surface area contributed by atoms with Gasteiger partial charge in [-0.1, -0.05) is 60.7 Å². The van der Waals surface area contributed by atoms with Crippen LogP contribution >= 0.6 is 7.14 Å². The molecule has 1 atom stereocenters. The van der Waals surface area contributed by atoms with E-state index in [2.05, 4.69) is 0 Å². The predicted molar refractivity (Wildman–Crippen MR) is 106 cm³/mol. The Morgan fingerprint density at radius 3 is 1.78 bits per heavy atom. The first-order valence-electron chi connectivity index (χ1n) is 9.03. The van der Waals surface area contributed by atoms with Crippen LogP contribution in [0.3, 0.4) is 0 Å². The van der Waals surface area contributed by atoms with Crippen molar-refractivity contribution in [2.45, 2.75) is 20.3 Å². The molecule has 144 valence electrons. The van der Waals surface area contributed by atoms with E-state index in [1.54, 1.807) is 38.1 Å². The average molecular weight is 388 g/mol. The summed E-state index contributed by atoms with van der Waals surface area (Å²) in [6.07, 6.45) is -0.144. The first-order chi connectivity index (χ1) is 13.0. The number of hydrogen-bond acceptors (Lipinski definition) is 5. The van der Waals surface area contributed by atoms with Gasteiger partial charge in [-0.2, -0.15) is 0 Å². The Bertz CT molecular complexity index is 745. The van der Waals surface area contributed by atoms with Crippen LogP contribution < -0.4 is 10.6 Å². The van der Waals surface area contributed by atoms with E-state index in [4.69, 9.17) is 9.47 Å². The minimum atomic E-state index is -3.14. The summed E-state index contributed by atoms with van der Waals surface area (Å²) in [5.74, 6) is -1.86. The van der Waals surface area contributed by atoms with Gasteiger partial charge in [0.05, 0.1) is 25.6 Å². The molecule has 0 saturated heterocycles. The van der Waals surface area contributed by atoms with Crippen molar-refractivity contribution >= 4 is 29.7 Å². The van der Waals surface area contributed by atoms with Crippen molar-refractivity contribution in [2.24, 2.45) is 5.92 Å². The van der Waals surface area contributed by atoms with Gasteiger partial charge in [0.15, 0.2) is 0 Å². The van der Waals surface area contributed by atoms with E-state index in [0.717, 1.165) is 0 Å². The fraction of sp³-hybridized carbons (Fsp3) is 0.333. The quantitative estimate of drug-likeness (QED) is 0.488. The Kier molecular flexibility index (Phi) is 7.81. The summed E-state index contributed by atoms with van der Waals surface area (Å²) in [5, 5.41) is 1.30. The van der Waals surface area contributed by atoms with Gasteiger partial charge in [-0.05, 0) is 13.8 Å². The van der Waals surface area contributed by atoms with E-state index in [1.807, 2.05) is 36.4 Å². The number of hydrogen-bond donors (Lipinski definition) is 0. The Hall–Kier alpha value is -2.39. The standard InChI is InChI=1S/C21H25O5P/c1-3-25-20(22)15-17(21(23)26-4-2)16-27(24,18-11-7-5-8-12-18)19-13-9-6-10-14-19/h5-14,17H,3-4,15-16H2,1-2H3. The van der Waals surface area contributed by atoms with Gasteiger partial charge in [0, 0.05) is 16.8 Å². The largest absolute Gasteiger partial charge is 0.466 e. The summed E-state index contributed by atoms with van der Waals surface area (Å²) in [7, 11) is -3.14. The van der Waals surface area contributed by atoms with Crippen LogP contribution in [0.4, 0.5) is 0 Å². The SMILES string of the molecule is CCOC(=O)CC(CP(=O)(c1ccccc1)c1ccccc1)C(=O)OCC. The number of esters is 2. The highest BCUT2D eigenvalue weighted by molar-refractivity contribution is 7.78. The third kappa shape index (κ3) is 5.54. The Labute approximate surface area is 160 Å². The number of carbonyl (C=O) groups is 2. The van der Waals surface area contributed by atoms with Crippen molar-refractivity contribution in [1.29, 1.82) is 0 Å². The molecule has 0 N–H and O–H groups in total. The maximum Gasteiger partial charge on any atom is 0.310 e. The second-order valence-corrected chi connectivity index (χ2v) is 8.93. The van der Waals surface area contributed by atoms with Gasteiger partial charge in [0.25, 0.3) is 0 Å². The van der Waals surface area contributed by atoms with Gasteiger partial charge in [0.1, 0.15) is 7.14 Å². The molecule has 0 aliphatic carbocycles. The molecule has 0 bridgehead atoms. The van der Waals surface area contributed by atoms with E-state index in [9.17, 15) is 14.2 Å². The first kappa shape index (κ1) is 20.9. The Morgan fingerprint density at radius 2 is 1.33 bits per heavy atom. The van der Waals surface area contributed by atoms with E-state index < -0.39 is 25.0 Å². The minimum absolute atomic E-state index is 0.0126. The highest BCUT2D eigenvalue weighted by atomic mass is 31.2. The fourth-order valence-corrected chi connectivity index (χ4v) is 5.84. The van der Waals surface area contributed by atoms with Crippen LogP contribution in [0.15, 0.2) is 60.7 Å². The number of benzene rings is 2. The van der Waals surface area contributed by atoms with Gasteiger partial charge in [-0.3, -0.25) is 9.59 Å². The molecule has 2 aromatic rings. The normalized spacial score (nSPS) is 12.2. The lowest BCUT2D eigenvalue weighted by Gasteiger charge is -2.24. The molecule has 6 heteroatoms. The molecule has 0 spiro atoms. The van der Waals surface area contributed by atoms with Gasteiger partial charge in [-0.15, -0.1) is 0 Å². The molecule has 2 aromatic carbocycles. The predicted octanol–water partition coefficient (Wildman–Crippen LogP) is 3.13. The summed E-state index contributed by atoms with van der Waals surface area (Å²) in [4.78, 5) is 24.5. The molecule has 27 heavy (non-hydrogen) atoms. The fourth-order valence-electron chi connectivity index (χ4n) is 2.91. The van der Waals surface area contributed by atoms with Gasteiger partial charge in [0.2, 0.25) is 0 Å². The van der Waals surface area contributed by atoms with Gasteiger partial charge in [-0.25, -0.2) is 0 Å². The molecule has 0 radical (unpaired) electrons. The molecular formula is C21H25O5P. The average Bonchev–Trinajstić information content (AvgIpc) is 2.69. The van der Waals surface area contributed by atoms with Crippen LogP contribution in [-0.2, 0) is 23.6 Å². The van der Waals surface area contributed by atoms with Crippen molar-refractivity contribution in [3.63, 3.8) is 0 Å². The zero-order chi connectivity index (χ0) is 19.7. The molecule has 5 nitrogen and oxygen atoms in total. The van der Waals surface area contributed by atoms with E-state index >= 15 is 0 Å². The summed E-state index contributed by atoms with van der Waals surface area (Å²) in [6, 6.07) is 18.1. The monoisotopic (exact) mass is 388 g/mol. The van der Waals surface area contributed by atoms with Crippen LogP contribution in [0.5, 0.6) is 0 Å². The first-order valence-corrected chi connectivity index (χ1v) is 10.9. The Morgan fingerprint density at radius 1 is 0.852 bits per heavy atom. The van der Waals surface area contributed by atoms with Crippen LogP contribution in [0.2, 0.25) is 0 Å². The van der Waals surface area contributed by atoms with E-state index in [1.165, 1.54) is 0 Å². The maximum atomic E-state index is 14.1. The molecular weight excluding hydrogens is 363 g/mol. The lowest BCUT2D eigenvalue weighted by atomic mass is 10.1. The molecule has 0 heterocycles. The van der Waals surface area contributed by atoms with Crippen LogP contribution in [0.1, 0.15) is 20.3 Å². The summed E-state index contributed by atoms with van der Waals surface area (Å²) in [6.45, 7) is 3.83. The van der Waals surface area contributed by atoms with Crippen molar-refractivity contribution in [2.75, 3.05) is 19.4 Å². The minimum Gasteiger partial charge on any atom is -0.466 e. The zero-order valence-electron chi connectivity index (χ0n) is 15.7. The van der Waals surface area contributed by atoms with E-state index in [0.29, 0.717) is 10.6 Å². The Balaban J connectivity index is 2.42. The lowest BCUT2D eigenvalue weighted by molar-refractivity contribution is -0.153. The van der Waals surface area contributed by atoms with Gasteiger partial charge >= 0.3 is 11.9 Å². The van der Waals surface area contributed by atoms with Crippen LogP contribution in [0, 0.1) is 5.92 Å². The van der Waals surface area contributed by atoms with Crippen molar-refractivity contribution in [3.05, 3.63) is 60.7 Å². The lowest BCUT2D eigenvalue weighted by Crippen LogP contribution is -2.30. The second kappa shape index (κ2) is 10.1. The highest BCUT2D eigenvalue weighted by Crippen LogP contribution is 2.46. The number of rotatable bonds is 9. The molecule has 1 unspecified atom stereocenters. The molecule has 2 rings (SSSR count). The van der Waals surface area contributed by atoms with Crippen molar-refractivity contribution < 1.29 is 23.6 Å². The number of ether oxygens (including phenoxy) is 2. The summed E-state index contributed by atoms with van der Waals surface area (Å²) >= 11 is 0. The van der Waals surface area contributed by atoms with Crippen molar-refractivity contribution in [3.8, 4) is 0 Å². The summed E-state index contributed by atoms with van der Waals surface area (Å²) in [5.41, 5.74) is 0. The molecule has 0 aliphatic heterocycles. The maximum absolute atomic E-state index is 14.1. The molecule has 0 aromatic heterocycles. The third-order valence-electron chi connectivity index (χ3n) is 4.16. The van der Waals surface area contributed by atoms with Gasteiger partial charge < -0.3 is 14.0 Å². The smallest absolute Gasteiger partial charge is 0.310 e. The van der Waals surface area contributed by atoms with Crippen LogP contribution in [0.25, 0.3) is 0 Å². The van der Waals surface area contributed by atoms with E-state index in [-0.39, 0.29) is 25.8 Å². The summed E-state index contributed by atoms with van der Waals surface area (Å²) < 4.78 is 24.2. The molecule has 0 fully saturated rings. The molecule has 0 amide bonds. The van der Waals surface area contributed by atoms with Crippen molar-refractivity contribution in [1.82, 2.24) is 0 Å².